The average molecular weight is 197 g/mol. The van der Waals surface area contributed by atoms with E-state index in [1.54, 1.807) is 6.20 Å². The van der Waals surface area contributed by atoms with Gasteiger partial charge in [0.2, 0.25) is 0 Å². The third kappa shape index (κ3) is 3.42. The summed E-state index contributed by atoms with van der Waals surface area (Å²) in [5.41, 5.74) is 0.533. The SMILES string of the molecule is CC(OC(C)(C)C)c1cncc(F)c1. The number of aromatic nitrogens is 1. The van der Waals surface area contributed by atoms with Gasteiger partial charge in [0.1, 0.15) is 5.82 Å². The summed E-state index contributed by atoms with van der Waals surface area (Å²) in [4.78, 5) is 3.78. The van der Waals surface area contributed by atoms with Gasteiger partial charge in [0.25, 0.3) is 0 Å². The van der Waals surface area contributed by atoms with Gasteiger partial charge in [-0.25, -0.2) is 4.39 Å². The molecule has 2 nitrogen and oxygen atoms in total. The Morgan fingerprint density at radius 2 is 2.00 bits per heavy atom. The van der Waals surface area contributed by atoms with Gasteiger partial charge < -0.3 is 4.74 Å². The van der Waals surface area contributed by atoms with E-state index in [0.29, 0.717) is 0 Å². The highest BCUT2D eigenvalue weighted by Gasteiger charge is 2.16. The molecule has 3 heteroatoms. The van der Waals surface area contributed by atoms with Gasteiger partial charge in [-0.15, -0.1) is 0 Å². The van der Waals surface area contributed by atoms with Crippen molar-refractivity contribution in [2.24, 2.45) is 0 Å². The Bertz CT molecular complexity index is 306. The van der Waals surface area contributed by atoms with Gasteiger partial charge in [-0.3, -0.25) is 4.98 Å². The van der Waals surface area contributed by atoms with Crippen LogP contribution in [0.15, 0.2) is 18.5 Å². The summed E-state index contributed by atoms with van der Waals surface area (Å²) in [7, 11) is 0. The highest BCUT2D eigenvalue weighted by atomic mass is 19.1. The van der Waals surface area contributed by atoms with E-state index in [-0.39, 0.29) is 17.5 Å². The molecule has 0 amide bonds. The molecule has 0 aromatic carbocycles. The Morgan fingerprint density at radius 1 is 1.36 bits per heavy atom. The van der Waals surface area contributed by atoms with E-state index in [2.05, 4.69) is 4.98 Å². The molecule has 0 saturated carbocycles. The molecule has 0 aliphatic heterocycles. The van der Waals surface area contributed by atoms with Crippen molar-refractivity contribution in [1.82, 2.24) is 4.98 Å². The smallest absolute Gasteiger partial charge is 0.141 e. The van der Waals surface area contributed by atoms with Crippen molar-refractivity contribution in [3.8, 4) is 0 Å². The Balaban J connectivity index is 2.74. The molecule has 1 rings (SSSR count). The normalized spacial score (nSPS) is 14.1. The molecule has 0 saturated heterocycles. The monoisotopic (exact) mass is 197 g/mol. The van der Waals surface area contributed by atoms with E-state index in [0.717, 1.165) is 5.56 Å². The molecule has 1 unspecified atom stereocenters. The molecule has 0 bridgehead atoms. The van der Waals surface area contributed by atoms with Gasteiger partial charge in [0, 0.05) is 11.8 Å². The first kappa shape index (κ1) is 11.1. The standard InChI is InChI=1S/C11H16FNO/c1-8(14-11(2,3)4)9-5-10(12)7-13-6-9/h5-8H,1-4H3. The van der Waals surface area contributed by atoms with Crippen molar-refractivity contribution in [1.29, 1.82) is 0 Å². The fraction of sp³-hybridized carbons (Fsp3) is 0.545. The summed E-state index contributed by atoms with van der Waals surface area (Å²) in [5, 5.41) is 0. The largest absolute Gasteiger partial charge is 0.368 e. The van der Waals surface area contributed by atoms with E-state index in [1.165, 1.54) is 12.3 Å². The van der Waals surface area contributed by atoms with Gasteiger partial charge in [-0.2, -0.15) is 0 Å². The maximum Gasteiger partial charge on any atom is 0.141 e. The molecule has 0 aliphatic rings. The van der Waals surface area contributed by atoms with Crippen LogP contribution >= 0.6 is 0 Å². The molecule has 1 heterocycles. The van der Waals surface area contributed by atoms with Crippen LogP contribution in [0.4, 0.5) is 4.39 Å². The Labute approximate surface area is 84.1 Å². The highest BCUT2D eigenvalue weighted by molar-refractivity contribution is 5.12. The average Bonchev–Trinajstić information content (AvgIpc) is 2.01. The summed E-state index contributed by atoms with van der Waals surface area (Å²) >= 11 is 0. The Morgan fingerprint density at radius 3 is 2.50 bits per heavy atom. The van der Waals surface area contributed by atoms with E-state index in [1.807, 2.05) is 27.7 Å². The van der Waals surface area contributed by atoms with Gasteiger partial charge in [-0.05, 0) is 33.8 Å². The van der Waals surface area contributed by atoms with Gasteiger partial charge in [-0.1, -0.05) is 0 Å². The number of hydrogen-bond donors (Lipinski definition) is 0. The van der Waals surface area contributed by atoms with Gasteiger partial charge in [0.05, 0.1) is 17.9 Å². The number of hydrogen-bond acceptors (Lipinski definition) is 2. The van der Waals surface area contributed by atoms with Crippen LogP contribution in [0.25, 0.3) is 0 Å². The number of rotatable bonds is 2. The van der Waals surface area contributed by atoms with Crippen LogP contribution in [0.2, 0.25) is 0 Å². The number of pyridine rings is 1. The van der Waals surface area contributed by atoms with Crippen LogP contribution in [-0.4, -0.2) is 10.6 Å². The zero-order valence-corrected chi connectivity index (χ0v) is 9.04. The summed E-state index contributed by atoms with van der Waals surface area (Å²) in [5.74, 6) is -0.327. The molecule has 1 aromatic heterocycles. The number of ether oxygens (including phenoxy) is 1. The van der Waals surface area contributed by atoms with Crippen LogP contribution in [0.5, 0.6) is 0 Å². The van der Waals surface area contributed by atoms with E-state index in [4.69, 9.17) is 4.74 Å². The second kappa shape index (κ2) is 4.05. The molecule has 1 atom stereocenters. The second-order valence-corrected chi connectivity index (χ2v) is 4.31. The Hall–Kier alpha value is -0.960. The lowest BCUT2D eigenvalue weighted by Crippen LogP contribution is -2.21. The molecular weight excluding hydrogens is 181 g/mol. The van der Waals surface area contributed by atoms with Crippen LogP contribution in [-0.2, 0) is 4.74 Å². The zero-order chi connectivity index (χ0) is 10.8. The predicted octanol–water partition coefficient (Wildman–Crippen LogP) is 3.10. The minimum atomic E-state index is -0.327. The maximum atomic E-state index is 12.8. The third-order valence-electron chi connectivity index (χ3n) is 1.73. The first-order valence-electron chi connectivity index (χ1n) is 4.67. The predicted molar refractivity (Wildman–Crippen MR) is 53.4 cm³/mol. The van der Waals surface area contributed by atoms with Crippen LogP contribution < -0.4 is 0 Å². The minimum absolute atomic E-state index is 0.141. The fourth-order valence-electron chi connectivity index (χ4n) is 1.25. The Kier molecular flexibility index (Phi) is 3.21. The lowest BCUT2D eigenvalue weighted by atomic mass is 10.1. The molecule has 1 aromatic rings. The van der Waals surface area contributed by atoms with Crippen LogP contribution in [0, 0.1) is 5.82 Å². The molecule has 0 N–H and O–H groups in total. The van der Waals surface area contributed by atoms with E-state index < -0.39 is 0 Å². The van der Waals surface area contributed by atoms with Gasteiger partial charge in [0.15, 0.2) is 0 Å². The molecule has 0 radical (unpaired) electrons. The van der Waals surface area contributed by atoms with Crippen molar-refractivity contribution >= 4 is 0 Å². The van der Waals surface area contributed by atoms with Crippen molar-refractivity contribution in [3.05, 3.63) is 29.8 Å². The summed E-state index contributed by atoms with van der Waals surface area (Å²) in [6.45, 7) is 7.80. The molecule has 78 valence electrons. The summed E-state index contributed by atoms with van der Waals surface area (Å²) < 4.78 is 18.5. The van der Waals surface area contributed by atoms with Crippen molar-refractivity contribution in [2.75, 3.05) is 0 Å². The third-order valence-corrected chi connectivity index (χ3v) is 1.73. The lowest BCUT2D eigenvalue weighted by Gasteiger charge is -2.25. The highest BCUT2D eigenvalue weighted by Crippen LogP contribution is 2.22. The van der Waals surface area contributed by atoms with Crippen molar-refractivity contribution < 1.29 is 9.13 Å². The fourth-order valence-corrected chi connectivity index (χ4v) is 1.25. The van der Waals surface area contributed by atoms with Crippen molar-refractivity contribution in [2.45, 2.75) is 39.4 Å². The molecule has 0 spiro atoms. The first-order valence-corrected chi connectivity index (χ1v) is 4.67. The number of halogens is 1. The first-order chi connectivity index (χ1) is 6.38. The molecular formula is C11H16FNO. The quantitative estimate of drug-likeness (QED) is 0.726. The number of nitrogens with zero attached hydrogens (tertiary/aromatic N) is 1. The van der Waals surface area contributed by atoms with E-state index >= 15 is 0 Å². The lowest BCUT2D eigenvalue weighted by molar-refractivity contribution is -0.0532. The topological polar surface area (TPSA) is 22.1 Å². The van der Waals surface area contributed by atoms with E-state index in [9.17, 15) is 4.39 Å². The van der Waals surface area contributed by atoms with Gasteiger partial charge >= 0.3 is 0 Å². The molecule has 14 heavy (non-hydrogen) atoms. The maximum absolute atomic E-state index is 12.8. The zero-order valence-electron chi connectivity index (χ0n) is 9.04. The van der Waals surface area contributed by atoms with Crippen LogP contribution in [0.1, 0.15) is 39.4 Å². The summed E-state index contributed by atoms with van der Waals surface area (Å²) in [6, 6.07) is 1.45. The molecule has 0 fully saturated rings. The van der Waals surface area contributed by atoms with Crippen LogP contribution in [0.3, 0.4) is 0 Å². The van der Waals surface area contributed by atoms with Crippen molar-refractivity contribution in [3.63, 3.8) is 0 Å². The summed E-state index contributed by atoms with van der Waals surface area (Å²) in [6.07, 6.45) is 2.67. The molecule has 0 aliphatic carbocycles. The second-order valence-electron chi connectivity index (χ2n) is 4.31. The minimum Gasteiger partial charge on any atom is -0.368 e.